The predicted molar refractivity (Wildman–Crippen MR) is 96.2 cm³/mol. The fourth-order valence-electron chi connectivity index (χ4n) is 3.93. The Labute approximate surface area is 153 Å². The lowest BCUT2D eigenvalue weighted by Crippen LogP contribution is -2.34. The average Bonchev–Trinajstić information content (AvgIpc) is 3.30. The first kappa shape index (κ1) is 17.7. The van der Waals surface area contributed by atoms with Crippen molar-refractivity contribution in [2.24, 2.45) is 5.73 Å². The molecule has 9 heteroatoms. The smallest absolute Gasteiger partial charge is 0.261 e. The van der Waals surface area contributed by atoms with E-state index in [9.17, 15) is 8.42 Å². The van der Waals surface area contributed by atoms with Gasteiger partial charge >= 0.3 is 0 Å². The minimum atomic E-state index is -2.98. The first-order chi connectivity index (χ1) is 12.3. The number of hydrogen-bond donors (Lipinski definition) is 1. The van der Waals surface area contributed by atoms with Crippen molar-refractivity contribution < 1.29 is 12.9 Å². The molecule has 0 aromatic carbocycles. The summed E-state index contributed by atoms with van der Waals surface area (Å²) in [5.74, 6) is 1.46. The van der Waals surface area contributed by atoms with Crippen molar-refractivity contribution in [2.75, 3.05) is 11.5 Å². The number of nitrogens with zero attached hydrogens (tertiary/aromatic N) is 4. The van der Waals surface area contributed by atoms with Crippen molar-refractivity contribution >= 4 is 9.84 Å². The Morgan fingerprint density at radius 1 is 1.35 bits per heavy atom. The standard InChI is InChI=1S/C17H25N5O3S/c1-11(2)14-13(9-22(20-14)12-5-8-26(23,24)10-12)15-19-16(21-25-15)17(18)6-3-4-7-17/h9,11-12H,3-8,10,18H2,1-2H3. The van der Waals surface area contributed by atoms with Crippen LogP contribution in [0, 0.1) is 0 Å². The average molecular weight is 379 g/mol. The molecule has 1 saturated carbocycles. The lowest BCUT2D eigenvalue weighted by atomic mass is 9.98. The molecule has 142 valence electrons. The largest absolute Gasteiger partial charge is 0.334 e. The molecule has 2 aromatic heterocycles. The molecule has 2 N–H and O–H groups in total. The fourth-order valence-corrected chi connectivity index (χ4v) is 5.64. The highest BCUT2D eigenvalue weighted by Gasteiger charge is 2.37. The molecular weight excluding hydrogens is 354 g/mol. The Morgan fingerprint density at radius 3 is 2.69 bits per heavy atom. The topological polar surface area (TPSA) is 117 Å². The Hall–Kier alpha value is -1.74. The summed E-state index contributed by atoms with van der Waals surface area (Å²) < 4.78 is 30.9. The molecule has 0 amide bonds. The van der Waals surface area contributed by atoms with E-state index in [-0.39, 0.29) is 23.5 Å². The van der Waals surface area contributed by atoms with Gasteiger partial charge in [0.05, 0.1) is 34.3 Å². The van der Waals surface area contributed by atoms with E-state index >= 15 is 0 Å². The zero-order chi connectivity index (χ0) is 18.5. The molecule has 2 aromatic rings. The summed E-state index contributed by atoms with van der Waals surface area (Å²) >= 11 is 0. The van der Waals surface area contributed by atoms with Gasteiger partial charge in [0.15, 0.2) is 15.7 Å². The van der Waals surface area contributed by atoms with Gasteiger partial charge in [0.1, 0.15) is 0 Å². The van der Waals surface area contributed by atoms with E-state index in [1.54, 1.807) is 4.68 Å². The van der Waals surface area contributed by atoms with Gasteiger partial charge < -0.3 is 10.3 Å². The highest BCUT2D eigenvalue weighted by molar-refractivity contribution is 7.91. The predicted octanol–water partition coefficient (Wildman–Crippen LogP) is 2.14. The number of nitrogens with two attached hydrogens (primary N) is 1. The van der Waals surface area contributed by atoms with Gasteiger partial charge in [-0.05, 0) is 25.2 Å². The van der Waals surface area contributed by atoms with Gasteiger partial charge in [-0.25, -0.2) is 8.42 Å². The van der Waals surface area contributed by atoms with Crippen molar-refractivity contribution in [1.29, 1.82) is 0 Å². The minimum Gasteiger partial charge on any atom is -0.334 e. The normalized spacial score (nSPS) is 24.5. The molecular formula is C17H25N5O3S. The van der Waals surface area contributed by atoms with Gasteiger partial charge in [-0.15, -0.1) is 0 Å². The van der Waals surface area contributed by atoms with E-state index in [2.05, 4.69) is 15.2 Å². The van der Waals surface area contributed by atoms with Crippen LogP contribution in [0.15, 0.2) is 10.7 Å². The van der Waals surface area contributed by atoms with Gasteiger partial charge in [0.25, 0.3) is 5.89 Å². The van der Waals surface area contributed by atoms with Gasteiger partial charge in [0.2, 0.25) is 0 Å². The van der Waals surface area contributed by atoms with Crippen LogP contribution in [0.25, 0.3) is 11.5 Å². The molecule has 2 fully saturated rings. The molecule has 1 atom stereocenters. The van der Waals surface area contributed by atoms with Crippen molar-refractivity contribution in [3.8, 4) is 11.5 Å². The maximum atomic E-state index is 11.8. The Bertz CT molecular complexity index is 909. The zero-order valence-electron chi connectivity index (χ0n) is 15.2. The van der Waals surface area contributed by atoms with E-state index < -0.39 is 15.4 Å². The number of rotatable bonds is 4. The third-order valence-electron chi connectivity index (χ3n) is 5.49. The van der Waals surface area contributed by atoms with Gasteiger partial charge in [0, 0.05) is 6.20 Å². The monoisotopic (exact) mass is 379 g/mol. The second-order valence-corrected chi connectivity index (χ2v) is 10.1. The molecule has 8 nitrogen and oxygen atoms in total. The second-order valence-electron chi connectivity index (χ2n) is 7.91. The number of sulfone groups is 1. The summed E-state index contributed by atoms with van der Waals surface area (Å²) in [5.41, 5.74) is 7.53. The molecule has 0 bridgehead atoms. The van der Waals surface area contributed by atoms with E-state index in [4.69, 9.17) is 10.3 Å². The van der Waals surface area contributed by atoms with Crippen LogP contribution in [-0.4, -0.2) is 39.8 Å². The van der Waals surface area contributed by atoms with Crippen molar-refractivity contribution in [1.82, 2.24) is 19.9 Å². The second kappa shape index (κ2) is 6.16. The lowest BCUT2D eigenvalue weighted by Gasteiger charge is -2.17. The van der Waals surface area contributed by atoms with Gasteiger partial charge in [-0.3, -0.25) is 4.68 Å². The van der Waals surface area contributed by atoms with Crippen LogP contribution in [0.1, 0.15) is 69.4 Å². The van der Waals surface area contributed by atoms with Crippen LogP contribution in [0.3, 0.4) is 0 Å². The summed E-state index contributed by atoms with van der Waals surface area (Å²) in [4.78, 5) is 4.57. The van der Waals surface area contributed by atoms with E-state index in [1.807, 2.05) is 20.0 Å². The summed E-state index contributed by atoms with van der Waals surface area (Å²) in [7, 11) is -2.98. The quantitative estimate of drug-likeness (QED) is 0.865. The Kier molecular flexibility index (Phi) is 4.18. The molecule has 1 unspecified atom stereocenters. The summed E-state index contributed by atoms with van der Waals surface area (Å²) in [6, 6.07) is -0.135. The first-order valence-electron chi connectivity index (χ1n) is 9.20. The zero-order valence-corrected chi connectivity index (χ0v) is 16.0. The number of hydrogen-bond acceptors (Lipinski definition) is 7. The Morgan fingerprint density at radius 2 is 2.08 bits per heavy atom. The van der Waals surface area contributed by atoms with Crippen LogP contribution in [0.2, 0.25) is 0 Å². The van der Waals surface area contributed by atoms with Crippen LogP contribution in [0.4, 0.5) is 0 Å². The molecule has 1 aliphatic heterocycles. The van der Waals surface area contributed by atoms with Gasteiger partial charge in [-0.1, -0.05) is 31.8 Å². The molecule has 2 aliphatic rings. The Balaban J connectivity index is 1.69. The molecule has 3 heterocycles. The minimum absolute atomic E-state index is 0.132. The maximum absolute atomic E-state index is 11.8. The lowest BCUT2D eigenvalue weighted by molar-refractivity contribution is 0.372. The first-order valence-corrected chi connectivity index (χ1v) is 11.0. The molecule has 26 heavy (non-hydrogen) atoms. The van der Waals surface area contributed by atoms with E-state index in [0.29, 0.717) is 18.1 Å². The molecule has 4 rings (SSSR count). The van der Waals surface area contributed by atoms with E-state index in [1.165, 1.54) is 0 Å². The van der Waals surface area contributed by atoms with Crippen LogP contribution in [-0.2, 0) is 15.4 Å². The van der Waals surface area contributed by atoms with Crippen molar-refractivity contribution in [2.45, 2.75) is 63.5 Å². The van der Waals surface area contributed by atoms with Crippen molar-refractivity contribution in [3.63, 3.8) is 0 Å². The van der Waals surface area contributed by atoms with Gasteiger partial charge in [-0.2, -0.15) is 10.1 Å². The van der Waals surface area contributed by atoms with Crippen LogP contribution >= 0.6 is 0 Å². The van der Waals surface area contributed by atoms with Crippen molar-refractivity contribution in [3.05, 3.63) is 17.7 Å². The highest BCUT2D eigenvalue weighted by Crippen LogP contribution is 2.37. The molecule has 0 spiro atoms. The highest BCUT2D eigenvalue weighted by atomic mass is 32.2. The summed E-state index contributed by atoms with van der Waals surface area (Å²) in [6.45, 7) is 4.08. The fraction of sp³-hybridized carbons (Fsp3) is 0.706. The SMILES string of the molecule is CC(C)c1nn(C2CCS(=O)(=O)C2)cc1-c1nc(C2(N)CCCC2)no1. The molecule has 1 aliphatic carbocycles. The molecule has 0 radical (unpaired) electrons. The third-order valence-corrected chi connectivity index (χ3v) is 7.24. The summed E-state index contributed by atoms with van der Waals surface area (Å²) in [5, 5.41) is 8.78. The van der Waals surface area contributed by atoms with Crippen LogP contribution < -0.4 is 5.73 Å². The maximum Gasteiger partial charge on any atom is 0.261 e. The van der Waals surface area contributed by atoms with E-state index in [0.717, 1.165) is 36.9 Å². The third kappa shape index (κ3) is 3.07. The number of aromatic nitrogens is 4. The summed E-state index contributed by atoms with van der Waals surface area (Å²) in [6.07, 6.45) is 6.31. The van der Waals surface area contributed by atoms with Crippen LogP contribution in [0.5, 0.6) is 0 Å². The molecule has 1 saturated heterocycles.